The topological polar surface area (TPSA) is 68.3 Å². The van der Waals surface area contributed by atoms with Gasteiger partial charge in [0.25, 0.3) is 5.91 Å². The first-order chi connectivity index (χ1) is 11.1. The lowest BCUT2D eigenvalue weighted by atomic mass is 10.2. The maximum absolute atomic E-state index is 12.2. The molecule has 1 heterocycles. The maximum atomic E-state index is 12.2. The van der Waals surface area contributed by atoms with E-state index in [4.69, 9.17) is 4.74 Å². The number of amides is 1. The molecule has 1 aromatic heterocycles. The number of methoxy groups -OCH3 is 1. The third-order valence-corrected chi connectivity index (χ3v) is 8.85. The van der Waals surface area contributed by atoms with Gasteiger partial charge in [0.15, 0.2) is 0 Å². The summed E-state index contributed by atoms with van der Waals surface area (Å²) in [6.07, 6.45) is 3.26. The van der Waals surface area contributed by atoms with E-state index in [2.05, 4.69) is 55.6 Å². The second kappa shape index (κ2) is 8.11. The van der Waals surface area contributed by atoms with Crippen molar-refractivity contribution in [2.45, 2.75) is 51.4 Å². The molecule has 1 atom stereocenters. The van der Waals surface area contributed by atoms with Crippen molar-refractivity contribution in [3.63, 3.8) is 0 Å². The quantitative estimate of drug-likeness (QED) is 0.517. The van der Waals surface area contributed by atoms with Crippen LogP contribution in [-0.4, -0.2) is 38.1 Å². The predicted molar refractivity (Wildman–Crippen MR) is 97.1 cm³/mol. The van der Waals surface area contributed by atoms with Crippen molar-refractivity contribution in [2.24, 2.45) is 0 Å². The molecule has 0 aliphatic carbocycles. The Morgan fingerprint density at radius 1 is 1.38 bits per heavy atom. The molecule has 24 heavy (non-hydrogen) atoms. The van der Waals surface area contributed by atoms with E-state index in [-0.39, 0.29) is 17.4 Å². The molecular formula is C18H26N2O3Si. The zero-order valence-electron chi connectivity index (χ0n) is 15.3. The molecule has 0 saturated carbocycles. The van der Waals surface area contributed by atoms with Crippen molar-refractivity contribution in [1.82, 2.24) is 10.3 Å². The van der Waals surface area contributed by atoms with Crippen molar-refractivity contribution in [3.8, 4) is 11.5 Å². The van der Waals surface area contributed by atoms with E-state index >= 15 is 0 Å². The van der Waals surface area contributed by atoms with Gasteiger partial charge in [-0.2, -0.15) is 0 Å². The van der Waals surface area contributed by atoms with Gasteiger partial charge < -0.3 is 10.1 Å². The Hall–Kier alpha value is -2.13. The summed E-state index contributed by atoms with van der Waals surface area (Å²) in [5.74, 6) is 2.21. The Kier molecular flexibility index (Phi) is 6.73. The van der Waals surface area contributed by atoms with Crippen LogP contribution in [-0.2, 0) is 9.53 Å². The van der Waals surface area contributed by atoms with Gasteiger partial charge in [-0.25, -0.2) is 4.79 Å². The lowest BCUT2D eigenvalue weighted by Crippen LogP contribution is -2.41. The summed E-state index contributed by atoms with van der Waals surface area (Å²) in [5.41, 5.74) is 3.73. The van der Waals surface area contributed by atoms with E-state index in [0.29, 0.717) is 5.56 Å². The Bertz CT molecular complexity index is 640. The zero-order chi connectivity index (χ0) is 18.4. The smallest absolute Gasteiger partial charge is 0.329 e. The molecule has 0 aliphatic heterocycles. The van der Waals surface area contributed by atoms with Gasteiger partial charge >= 0.3 is 5.97 Å². The number of hydrogen-bond acceptors (Lipinski definition) is 4. The number of nitrogens with one attached hydrogen (secondary N) is 1. The predicted octanol–water partition coefficient (Wildman–Crippen LogP) is 2.79. The lowest BCUT2D eigenvalue weighted by molar-refractivity contribution is -0.142. The van der Waals surface area contributed by atoms with Crippen molar-refractivity contribution < 1.29 is 14.3 Å². The fourth-order valence-corrected chi connectivity index (χ4v) is 2.55. The van der Waals surface area contributed by atoms with Gasteiger partial charge in [0, 0.05) is 18.8 Å². The van der Waals surface area contributed by atoms with E-state index in [1.165, 1.54) is 13.3 Å². The van der Waals surface area contributed by atoms with Crippen molar-refractivity contribution in [3.05, 3.63) is 30.1 Å². The molecule has 1 amide bonds. The van der Waals surface area contributed by atoms with Crippen LogP contribution in [0.3, 0.4) is 0 Å². The third kappa shape index (κ3) is 5.50. The molecule has 0 bridgehead atoms. The van der Waals surface area contributed by atoms with Gasteiger partial charge in [0.05, 0.1) is 12.7 Å². The molecule has 0 spiro atoms. The molecular weight excluding hydrogens is 320 g/mol. The Morgan fingerprint density at radius 2 is 2.04 bits per heavy atom. The summed E-state index contributed by atoms with van der Waals surface area (Å²) < 4.78 is 4.77. The molecule has 130 valence electrons. The first-order valence-electron chi connectivity index (χ1n) is 7.87. The molecule has 0 radical (unpaired) electrons. The number of rotatable bonds is 4. The average molecular weight is 347 g/mol. The monoisotopic (exact) mass is 346 g/mol. The van der Waals surface area contributed by atoms with Crippen LogP contribution in [0.5, 0.6) is 0 Å². The van der Waals surface area contributed by atoms with E-state index in [1.807, 2.05) is 0 Å². The van der Waals surface area contributed by atoms with Gasteiger partial charge in [-0.15, -0.1) is 11.5 Å². The molecule has 1 aromatic rings. The summed E-state index contributed by atoms with van der Waals surface area (Å²) in [7, 11) is -0.458. The molecule has 0 saturated heterocycles. The van der Waals surface area contributed by atoms with Crippen LogP contribution in [0, 0.1) is 11.5 Å². The van der Waals surface area contributed by atoms with Crippen LogP contribution >= 0.6 is 0 Å². The molecule has 0 aromatic carbocycles. The Balaban J connectivity index is 2.85. The highest BCUT2D eigenvalue weighted by molar-refractivity contribution is 6.87. The number of pyridine rings is 1. The van der Waals surface area contributed by atoms with Gasteiger partial charge in [0.2, 0.25) is 0 Å². The number of ether oxygens (including phenoxy) is 1. The van der Waals surface area contributed by atoms with Crippen LogP contribution in [0.4, 0.5) is 0 Å². The molecule has 0 unspecified atom stereocenters. The highest BCUT2D eigenvalue weighted by Crippen LogP contribution is 2.35. The third-order valence-electron chi connectivity index (χ3n) is 4.30. The van der Waals surface area contributed by atoms with Gasteiger partial charge in [-0.3, -0.25) is 9.78 Å². The summed E-state index contributed by atoms with van der Waals surface area (Å²) in [4.78, 5) is 28.0. The Labute approximate surface area is 145 Å². The maximum Gasteiger partial charge on any atom is 0.329 e. The van der Waals surface area contributed by atoms with Crippen molar-refractivity contribution in [2.75, 3.05) is 7.11 Å². The fraction of sp³-hybridized carbons (Fsp3) is 0.500. The molecule has 0 aliphatic rings. The van der Waals surface area contributed by atoms with Crippen LogP contribution < -0.4 is 5.32 Å². The minimum Gasteiger partial charge on any atom is -0.467 e. The number of carbonyl (C=O) groups is 2. The largest absolute Gasteiger partial charge is 0.467 e. The fourth-order valence-electron chi connectivity index (χ4n) is 1.64. The van der Waals surface area contributed by atoms with Crippen LogP contribution in [0.2, 0.25) is 18.1 Å². The number of aromatic nitrogens is 1. The van der Waals surface area contributed by atoms with Gasteiger partial charge in [-0.1, -0.05) is 33.9 Å². The highest BCUT2D eigenvalue weighted by atomic mass is 28.3. The number of nitrogens with zero attached hydrogens (tertiary/aromatic N) is 1. The second-order valence-corrected chi connectivity index (χ2v) is 12.2. The molecule has 0 fully saturated rings. The van der Waals surface area contributed by atoms with Gasteiger partial charge in [-0.05, 0) is 17.2 Å². The first-order valence-corrected chi connectivity index (χ1v) is 10.9. The summed E-state index contributed by atoms with van der Waals surface area (Å²) >= 11 is 0. The minimum atomic E-state index is -1.76. The standard InChI is InChI=1S/C18H26N2O3Si/c1-18(2,3)24(5,6)12-8-10-15(17(22)23-4)20-16(21)14-9-7-11-19-13-14/h7,9,11,13,15H,10H2,1-6H3,(H,20,21)/t15-/m0/s1. The first kappa shape index (κ1) is 19.9. The Morgan fingerprint density at radius 3 is 2.54 bits per heavy atom. The summed E-state index contributed by atoms with van der Waals surface area (Å²) in [6.45, 7) is 10.9. The van der Waals surface area contributed by atoms with Crippen molar-refractivity contribution >= 4 is 20.0 Å². The SMILES string of the molecule is COC(=O)[C@H](CC#C[Si](C)(C)C(C)(C)C)NC(=O)c1cccnc1. The van der Waals surface area contributed by atoms with Gasteiger partial charge in [0.1, 0.15) is 14.1 Å². The van der Waals surface area contributed by atoms with E-state index in [0.717, 1.165) is 0 Å². The van der Waals surface area contributed by atoms with E-state index in [1.54, 1.807) is 18.3 Å². The summed E-state index contributed by atoms with van der Waals surface area (Å²) in [6, 6.07) is 2.51. The number of hydrogen-bond donors (Lipinski definition) is 1. The van der Waals surface area contributed by atoms with Crippen LogP contribution in [0.25, 0.3) is 0 Å². The number of esters is 1. The van der Waals surface area contributed by atoms with E-state index < -0.39 is 20.1 Å². The molecule has 5 nitrogen and oxygen atoms in total. The molecule has 6 heteroatoms. The average Bonchev–Trinajstić information content (AvgIpc) is 2.52. The lowest BCUT2D eigenvalue weighted by Gasteiger charge is -2.31. The normalized spacial score (nSPS) is 12.6. The van der Waals surface area contributed by atoms with Crippen molar-refractivity contribution in [1.29, 1.82) is 0 Å². The number of carbonyl (C=O) groups excluding carboxylic acids is 2. The minimum absolute atomic E-state index is 0.139. The zero-order valence-corrected chi connectivity index (χ0v) is 16.3. The van der Waals surface area contributed by atoms with Crippen LogP contribution in [0.1, 0.15) is 37.6 Å². The second-order valence-electron chi connectivity index (χ2n) is 7.17. The van der Waals surface area contributed by atoms with E-state index in [9.17, 15) is 9.59 Å². The summed E-state index contributed by atoms with van der Waals surface area (Å²) in [5, 5.41) is 2.81. The highest BCUT2D eigenvalue weighted by Gasteiger charge is 2.33. The molecule has 1 rings (SSSR count). The molecule has 1 N–H and O–H groups in total. The van der Waals surface area contributed by atoms with Crippen LogP contribution in [0.15, 0.2) is 24.5 Å².